The summed E-state index contributed by atoms with van der Waals surface area (Å²) in [6.07, 6.45) is 1.77. The number of aryl methyl sites for hydroxylation is 1. The van der Waals surface area contributed by atoms with Gasteiger partial charge in [-0.25, -0.2) is 0 Å². The molecule has 94 valence electrons. The van der Waals surface area contributed by atoms with Crippen molar-refractivity contribution in [3.05, 3.63) is 29.6 Å². The minimum atomic E-state index is -0.986. The smallest absolute Gasteiger partial charge is 0.226 e. The van der Waals surface area contributed by atoms with Crippen LogP contribution < -0.4 is 5.32 Å². The van der Waals surface area contributed by atoms with Crippen molar-refractivity contribution in [2.75, 3.05) is 13.2 Å². The molecule has 0 spiro atoms. The molecule has 0 saturated carbocycles. The third kappa shape index (κ3) is 3.80. The molecular formula is C12H18N2O3. The molecule has 1 heterocycles. The van der Waals surface area contributed by atoms with E-state index in [0.717, 1.165) is 5.56 Å². The van der Waals surface area contributed by atoms with E-state index in [0.29, 0.717) is 5.69 Å². The van der Waals surface area contributed by atoms with Gasteiger partial charge in [-0.3, -0.25) is 9.78 Å². The van der Waals surface area contributed by atoms with Crippen molar-refractivity contribution in [3.8, 4) is 0 Å². The molecule has 1 aromatic rings. The average Bonchev–Trinajstić information content (AvgIpc) is 2.32. The van der Waals surface area contributed by atoms with Gasteiger partial charge in [-0.15, -0.1) is 0 Å². The number of hydrogen-bond donors (Lipinski definition) is 3. The molecule has 1 amide bonds. The maximum atomic E-state index is 11.7. The van der Waals surface area contributed by atoms with Crippen molar-refractivity contribution in [1.29, 1.82) is 0 Å². The predicted octanol–water partition coefficient (Wildman–Crippen LogP) is -0.208. The van der Waals surface area contributed by atoms with Crippen molar-refractivity contribution >= 4 is 5.91 Å². The molecule has 17 heavy (non-hydrogen) atoms. The highest BCUT2D eigenvalue weighted by molar-refractivity contribution is 5.79. The highest BCUT2D eigenvalue weighted by Crippen LogP contribution is 2.06. The van der Waals surface area contributed by atoms with Crippen molar-refractivity contribution in [2.45, 2.75) is 25.8 Å². The maximum absolute atomic E-state index is 11.7. The molecule has 0 aliphatic rings. The van der Waals surface area contributed by atoms with E-state index in [1.165, 1.54) is 0 Å². The lowest BCUT2D eigenvalue weighted by Crippen LogP contribution is -2.52. The Balaban J connectivity index is 2.65. The number of carbonyl (C=O) groups is 1. The van der Waals surface area contributed by atoms with Gasteiger partial charge in [0.15, 0.2) is 0 Å². The monoisotopic (exact) mass is 238 g/mol. The zero-order valence-corrected chi connectivity index (χ0v) is 10.1. The van der Waals surface area contributed by atoms with Crippen LogP contribution >= 0.6 is 0 Å². The minimum Gasteiger partial charge on any atom is -0.394 e. The number of hydrogen-bond acceptors (Lipinski definition) is 4. The van der Waals surface area contributed by atoms with Gasteiger partial charge in [0.05, 0.1) is 30.9 Å². The lowest BCUT2D eigenvalue weighted by atomic mass is 10.0. The SMILES string of the molecule is Cc1cccnc1CC(=O)NC(C)(CO)CO. The van der Waals surface area contributed by atoms with Crippen LogP contribution in [0.3, 0.4) is 0 Å². The second-order valence-electron chi connectivity index (χ2n) is 4.37. The second-order valence-corrected chi connectivity index (χ2v) is 4.37. The Hall–Kier alpha value is -1.46. The van der Waals surface area contributed by atoms with Gasteiger partial charge in [0.2, 0.25) is 5.91 Å². The molecule has 0 aliphatic carbocycles. The summed E-state index contributed by atoms with van der Waals surface area (Å²) in [7, 11) is 0. The first kappa shape index (κ1) is 13.6. The fourth-order valence-corrected chi connectivity index (χ4v) is 1.37. The summed E-state index contributed by atoms with van der Waals surface area (Å²) in [5, 5.41) is 20.7. The zero-order valence-electron chi connectivity index (χ0n) is 10.1. The van der Waals surface area contributed by atoms with Crippen LogP contribution in [0.15, 0.2) is 18.3 Å². The van der Waals surface area contributed by atoms with Crippen LogP contribution in [0.1, 0.15) is 18.2 Å². The van der Waals surface area contributed by atoms with Crippen LogP contribution in [0.4, 0.5) is 0 Å². The number of pyridine rings is 1. The fourth-order valence-electron chi connectivity index (χ4n) is 1.37. The number of aliphatic hydroxyl groups is 2. The van der Waals surface area contributed by atoms with Gasteiger partial charge in [-0.05, 0) is 25.5 Å². The first-order chi connectivity index (χ1) is 8.00. The highest BCUT2D eigenvalue weighted by Gasteiger charge is 2.24. The number of nitrogens with zero attached hydrogens (tertiary/aromatic N) is 1. The number of rotatable bonds is 5. The number of amides is 1. The lowest BCUT2D eigenvalue weighted by molar-refractivity contribution is -0.123. The number of aromatic nitrogens is 1. The van der Waals surface area contributed by atoms with Gasteiger partial charge < -0.3 is 15.5 Å². The molecule has 0 aliphatic heterocycles. The van der Waals surface area contributed by atoms with Crippen LogP contribution in [-0.4, -0.2) is 39.9 Å². The van der Waals surface area contributed by atoms with Crippen molar-refractivity contribution in [2.24, 2.45) is 0 Å². The highest BCUT2D eigenvalue weighted by atomic mass is 16.3. The average molecular weight is 238 g/mol. The van der Waals surface area contributed by atoms with Gasteiger partial charge >= 0.3 is 0 Å². The van der Waals surface area contributed by atoms with E-state index in [1.807, 2.05) is 19.1 Å². The molecule has 0 unspecified atom stereocenters. The molecule has 1 rings (SSSR count). The normalized spacial score (nSPS) is 11.3. The number of aliphatic hydroxyl groups excluding tert-OH is 2. The summed E-state index contributed by atoms with van der Waals surface area (Å²) < 4.78 is 0. The van der Waals surface area contributed by atoms with Gasteiger partial charge in [-0.1, -0.05) is 6.07 Å². The van der Waals surface area contributed by atoms with E-state index in [4.69, 9.17) is 10.2 Å². The Morgan fingerprint density at radius 3 is 2.65 bits per heavy atom. The van der Waals surface area contributed by atoms with Crippen LogP contribution in [0.5, 0.6) is 0 Å². The first-order valence-electron chi connectivity index (χ1n) is 5.44. The zero-order chi connectivity index (χ0) is 12.9. The van der Waals surface area contributed by atoms with Gasteiger partial charge in [0.1, 0.15) is 0 Å². The summed E-state index contributed by atoms with van der Waals surface area (Å²) in [5.74, 6) is -0.266. The van der Waals surface area contributed by atoms with E-state index in [9.17, 15) is 4.79 Å². The lowest BCUT2D eigenvalue weighted by Gasteiger charge is -2.26. The van der Waals surface area contributed by atoms with Gasteiger partial charge in [0.25, 0.3) is 0 Å². The van der Waals surface area contributed by atoms with Crippen molar-refractivity contribution in [1.82, 2.24) is 10.3 Å². The number of carbonyl (C=O) groups excluding carboxylic acids is 1. The molecule has 5 heteroatoms. The van der Waals surface area contributed by atoms with Gasteiger partial charge in [-0.2, -0.15) is 0 Å². The third-order valence-corrected chi connectivity index (χ3v) is 2.59. The standard InChI is InChI=1S/C12H18N2O3/c1-9-4-3-5-13-10(9)6-11(17)14-12(2,7-15)8-16/h3-5,15-16H,6-8H2,1-2H3,(H,14,17). The molecule has 0 saturated heterocycles. The Morgan fingerprint density at radius 2 is 2.12 bits per heavy atom. The quantitative estimate of drug-likeness (QED) is 0.663. The molecule has 5 nitrogen and oxygen atoms in total. The van der Waals surface area contributed by atoms with E-state index in [1.54, 1.807) is 13.1 Å². The predicted molar refractivity (Wildman–Crippen MR) is 63.4 cm³/mol. The fraction of sp³-hybridized carbons (Fsp3) is 0.500. The first-order valence-corrected chi connectivity index (χ1v) is 5.44. The Kier molecular flexibility index (Phi) is 4.60. The van der Waals surface area contributed by atoms with Gasteiger partial charge in [0, 0.05) is 6.20 Å². The molecule has 0 fully saturated rings. The summed E-state index contributed by atoms with van der Waals surface area (Å²) in [6, 6.07) is 3.69. The topological polar surface area (TPSA) is 82.5 Å². The summed E-state index contributed by atoms with van der Waals surface area (Å²) in [6.45, 7) is 2.84. The number of nitrogens with one attached hydrogen (secondary N) is 1. The maximum Gasteiger partial charge on any atom is 0.226 e. The largest absolute Gasteiger partial charge is 0.394 e. The van der Waals surface area contributed by atoms with E-state index >= 15 is 0 Å². The van der Waals surface area contributed by atoms with E-state index in [-0.39, 0.29) is 25.5 Å². The molecule has 0 atom stereocenters. The Bertz CT molecular complexity index is 389. The van der Waals surface area contributed by atoms with Crippen LogP contribution in [0, 0.1) is 6.92 Å². The van der Waals surface area contributed by atoms with Crippen LogP contribution in [-0.2, 0) is 11.2 Å². The summed E-state index contributed by atoms with van der Waals surface area (Å²) >= 11 is 0. The summed E-state index contributed by atoms with van der Waals surface area (Å²) in [5.41, 5.74) is 0.653. The van der Waals surface area contributed by atoms with Crippen LogP contribution in [0.25, 0.3) is 0 Å². The Labute approximate surface area is 101 Å². The molecule has 0 radical (unpaired) electrons. The van der Waals surface area contributed by atoms with E-state index in [2.05, 4.69) is 10.3 Å². The van der Waals surface area contributed by atoms with Crippen molar-refractivity contribution in [3.63, 3.8) is 0 Å². The van der Waals surface area contributed by atoms with Crippen LogP contribution in [0.2, 0.25) is 0 Å². The van der Waals surface area contributed by atoms with E-state index < -0.39 is 5.54 Å². The summed E-state index contributed by atoms with van der Waals surface area (Å²) in [4.78, 5) is 15.8. The third-order valence-electron chi connectivity index (χ3n) is 2.59. The molecule has 3 N–H and O–H groups in total. The second kappa shape index (κ2) is 5.75. The molecule has 0 bridgehead atoms. The minimum absolute atomic E-state index is 0.141. The molecule has 0 aromatic carbocycles. The van der Waals surface area contributed by atoms with Crippen molar-refractivity contribution < 1.29 is 15.0 Å². The Morgan fingerprint density at radius 1 is 1.47 bits per heavy atom. The molecule has 1 aromatic heterocycles. The molecular weight excluding hydrogens is 220 g/mol.